The Bertz CT molecular complexity index is 1560. The molecule has 1 atom stereocenters. The molecule has 0 unspecified atom stereocenters. The monoisotopic (exact) mass is 658 g/mol. The van der Waals surface area contributed by atoms with Crippen molar-refractivity contribution in [2.45, 2.75) is 33.1 Å². The van der Waals surface area contributed by atoms with Crippen molar-refractivity contribution in [3.8, 4) is 5.75 Å². The SMILES string of the molecule is CC[C@@H](C)c1nc2ccc(Br)cc2c(=O)n1N=Cc1cc(Cl)c(OCC(=O)Nc2ccc(C)cc2)c(Br)c1. The number of hydrogen-bond acceptors (Lipinski definition) is 5. The standard InChI is InChI=1S/C28H25Br2ClN4O3/c1-4-17(3)27-34-24-10-7-19(29)13-21(24)28(37)35(27)32-14-18-11-22(30)26(23(31)12-18)38-15-25(36)33-20-8-5-16(2)6-9-20/h5-14,17H,4,15H2,1-3H3,(H,33,36)/t17-/m1/s1. The minimum absolute atomic E-state index is 0.0186. The number of ether oxygens (including phenoxy) is 1. The first-order valence-electron chi connectivity index (χ1n) is 11.9. The highest BCUT2D eigenvalue weighted by atomic mass is 79.9. The average Bonchev–Trinajstić information content (AvgIpc) is 2.88. The van der Waals surface area contributed by atoms with Gasteiger partial charge < -0.3 is 10.1 Å². The van der Waals surface area contributed by atoms with E-state index in [2.05, 4.69) is 42.3 Å². The Labute approximate surface area is 242 Å². The molecule has 196 valence electrons. The molecule has 4 rings (SSSR count). The van der Waals surface area contributed by atoms with E-state index >= 15 is 0 Å². The molecule has 7 nitrogen and oxygen atoms in total. The fourth-order valence-electron chi connectivity index (χ4n) is 3.67. The van der Waals surface area contributed by atoms with E-state index in [1.807, 2.05) is 57.2 Å². The van der Waals surface area contributed by atoms with Gasteiger partial charge in [0.2, 0.25) is 0 Å². The zero-order valence-electron chi connectivity index (χ0n) is 21.0. The van der Waals surface area contributed by atoms with Gasteiger partial charge >= 0.3 is 0 Å². The van der Waals surface area contributed by atoms with Crippen LogP contribution in [0.2, 0.25) is 5.02 Å². The maximum absolute atomic E-state index is 13.3. The van der Waals surface area contributed by atoms with E-state index in [1.165, 1.54) is 4.68 Å². The van der Waals surface area contributed by atoms with Gasteiger partial charge in [-0.15, -0.1) is 0 Å². The Kier molecular flexibility index (Phi) is 9.02. The van der Waals surface area contributed by atoms with Crippen molar-refractivity contribution >= 4 is 72.2 Å². The molecule has 0 aliphatic carbocycles. The quantitative estimate of drug-likeness (QED) is 0.201. The summed E-state index contributed by atoms with van der Waals surface area (Å²) in [7, 11) is 0. The predicted octanol–water partition coefficient (Wildman–Crippen LogP) is 7.30. The van der Waals surface area contributed by atoms with Gasteiger partial charge in [0.1, 0.15) is 5.82 Å². The number of hydrogen-bond donors (Lipinski definition) is 1. The molecule has 1 amide bonds. The van der Waals surface area contributed by atoms with Crippen molar-refractivity contribution in [2.24, 2.45) is 5.10 Å². The number of fused-ring (bicyclic) bond motifs is 1. The molecular weight excluding hydrogens is 636 g/mol. The van der Waals surface area contributed by atoms with Crippen LogP contribution in [-0.2, 0) is 4.79 Å². The van der Waals surface area contributed by atoms with E-state index in [1.54, 1.807) is 24.4 Å². The maximum Gasteiger partial charge on any atom is 0.282 e. The molecule has 0 aliphatic rings. The molecular formula is C28H25Br2ClN4O3. The molecule has 4 aromatic rings. The van der Waals surface area contributed by atoms with Gasteiger partial charge in [0.05, 0.1) is 26.6 Å². The summed E-state index contributed by atoms with van der Waals surface area (Å²) in [5, 5.41) is 8.02. The van der Waals surface area contributed by atoms with Gasteiger partial charge in [0.15, 0.2) is 12.4 Å². The molecule has 10 heteroatoms. The lowest BCUT2D eigenvalue weighted by Gasteiger charge is -2.14. The molecule has 3 aromatic carbocycles. The van der Waals surface area contributed by atoms with E-state index in [4.69, 9.17) is 21.3 Å². The first kappa shape index (κ1) is 28.0. The number of amides is 1. The first-order valence-corrected chi connectivity index (χ1v) is 13.9. The Morgan fingerprint density at radius 3 is 2.61 bits per heavy atom. The number of nitrogens with one attached hydrogen (secondary N) is 1. The summed E-state index contributed by atoms with van der Waals surface area (Å²) in [5.74, 6) is 0.616. The predicted molar refractivity (Wildman–Crippen MR) is 160 cm³/mol. The van der Waals surface area contributed by atoms with Crippen LogP contribution in [-0.4, -0.2) is 28.4 Å². The van der Waals surface area contributed by atoms with E-state index in [9.17, 15) is 9.59 Å². The van der Waals surface area contributed by atoms with Gasteiger partial charge in [-0.1, -0.05) is 59.1 Å². The summed E-state index contributed by atoms with van der Waals surface area (Å²) in [6.07, 6.45) is 2.34. The van der Waals surface area contributed by atoms with Crippen LogP contribution in [0.5, 0.6) is 5.75 Å². The molecule has 0 aliphatic heterocycles. The van der Waals surface area contributed by atoms with Crippen molar-refractivity contribution in [1.29, 1.82) is 0 Å². The van der Waals surface area contributed by atoms with Gasteiger partial charge in [-0.2, -0.15) is 9.78 Å². The highest BCUT2D eigenvalue weighted by molar-refractivity contribution is 9.10. The summed E-state index contributed by atoms with van der Waals surface area (Å²) in [4.78, 5) is 30.4. The Balaban J connectivity index is 1.57. The minimum Gasteiger partial charge on any atom is -0.481 e. The van der Waals surface area contributed by atoms with Crippen molar-refractivity contribution in [3.63, 3.8) is 0 Å². The van der Waals surface area contributed by atoms with Crippen molar-refractivity contribution < 1.29 is 9.53 Å². The first-order chi connectivity index (χ1) is 18.2. The molecule has 1 aromatic heterocycles. The van der Waals surface area contributed by atoms with Crippen molar-refractivity contribution in [2.75, 3.05) is 11.9 Å². The normalized spacial score (nSPS) is 12.2. The lowest BCUT2D eigenvalue weighted by molar-refractivity contribution is -0.118. The number of aromatic nitrogens is 2. The fraction of sp³-hybridized carbons (Fsp3) is 0.214. The summed E-state index contributed by atoms with van der Waals surface area (Å²) >= 11 is 13.4. The number of halogens is 3. The van der Waals surface area contributed by atoms with Crippen LogP contribution in [0.1, 0.15) is 43.1 Å². The second-order valence-corrected chi connectivity index (χ2v) is 11.0. The number of anilines is 1. The van der Waals surface area contributed by atoms with Gasteiger partial charge in [-0.25, -0.2) is 4.98 Å². The largest absolute Gasteiger partial charge is 0.481 e. The third-order valence-corrected chi connectivity index (χ3v) is 7.28. The lowest BCUT2D eigenvalue weighted by Crippen LogP contribution is -2.23. The van der Waals surface area contributed by atoms with Gasteiger partial charge in [0, 0.05) is 16.1 Å². The number of benzene rings is 3. The molecule has 0 spiro atoms. The maximum atomic E-state index is 13.3. The molecule has 0 bridgehead atoms. The van der Waals surface area contributed by atoms with Crippen molar-refractivity contribution in [1.82, 2.24) is 9.66 Å². The van der Waals surface area contributed by atoms with Gasteiger partial charge in [0.25, 0.3) is 11.5 Å². The zero-order chi connectivity index (χ0) is 27.4. The third-order valence-electron chi connectivity index (χ3n) is 5.91. The van der Waals surface area contributed by atoms with E-state index < -0.39 is 0 Å². The number of carbonyl (C=O) groups is 1. The molecule has 1 heterocycles. The lowest BCUT2D eigenvalue weighted by atomic mass is 10.1. The second kappa shape index (κ2) is 12.2. The topological polar surface area (TPSA) is 85.6 Å². The second-order valence-electron chi connectivity index (χ2n) is 8.82. The minimum atomic E-state index is -0.310. The number of aryl methyl sites for hydroxylation is 1. The van der Waals surface area contributed by atoms with E-state index in [0.29, 0.717) is 43.2 Å². The summed E-state index contributed by atoms with van der Waals surface area (Å²) in [5.41, 5.74) is 2.79. The summed E-state index contributed by atoms with van der Waals surface area (Å²) < 4.78 is 8.35. The molecule has 0 saturated carbocycles. The van der Waals surface area contributed by atoms with Crippen LogP contribution in [0.25, 0.3) is 10.9 Å². The van der Waals surface area contributed by atoms with Gasteiger partial charge in [-0.05, 0) is 77.3 Å². The van der Waals surface area contributed by atoms with Gasteiger partial charge in [-0.3, -0.25) is 9.59 Å². The van der Waals surface area contributed by atoms with Crippen LogP contribution in [0, 0.1) is 6.92 Å². The molecule has 1 N–H and O–H groups in total. The zero-order valence-corrected chi connectivity index (χ0v) is 24.9. The number of nitrogens with zero attached hydrogens (tertiary/aromatic N) is 3. The molecule has 38 heavy (non-hydrogen) atoms. The van der Waals surface area contributed by atoms with E-state index in [-0.39, 0.29) is 24.0 Å². The number of carbonyl (C=O) groups excluding carboxylic acids is 1. The third kappa shape index (κ3) is 6.51. The van der Waals surface area contributed by atoms with Crippen LogP contribution < -0.4 is 15.6 Å². The smallest absolute Gasteiger partial charge is 0.282 e. The molecule has 0 radical (unpaired) electrons. The Hall–Kier alpha value is -3.01. The van der Waals surface area contributed by atoms with Crippen LogP contribution >= 0.6 is 43.5 Å². The average molecular weight is 661 g/mol. The molecule has 0 saturated heterocycles. The Morgan fingerprint density at radius 1 is 1.18 bits per heavy atom. The highest BCUT2D eigenvalue weighted by Crippen LogP contribution is 2.34. The van der Waals surface area contributed by atoms with Crippen molar-refractivity contribution in [3.05, 3.63) is 95.9 Å². The number of rotatable bonds is 8. The summed E-state index contributed by atoms with van der Waals surface area (Å²) in [6, 6.07) is 16.3. The van der Waals surface area contributed by atoms with Crippen LogP contribution in [0.4, 0.5) is 5.69 Å². The Morgan fingerprint density at radius 2 is 1.92 bits per heavy atom. The van der Waals surface area contributed by atoms with Crippen LogP contribution in [0.3, 0.4) is 0 Å². The summed E-state index contributed by atoms with van der Waals surface area (Å²) in [6.45, 7) is 5.80. The van der Waals surface area contributed by atoms with Crippen LogP contribution in [0.15, 0.2) is 73.4 Å². The highest BCUT2D eigenvalue weighted by Gasteiger charge is 2.16. The van der Waals surface area contributed by atoms with E-state index in [0.717, 1.165) is 16.5 Å². The fourth-order valence-corrected chi connectivity index (χ4v) is 5.02. The molecule has 0 fully saturated rings.